The zero-order valence-electron chi connectivity index (χ0n) is 20.2. The first-order valence-electron chi connectivity index (χ1n) is 12.5. The number of aromatic nitrogens is 3. The summed E-state index contributed by atoms with van der Waals surface area (Å²) >= 11 is 1.47. The van der Waals surface area contributed by atoms with Gasteiger partial charge in [-0.2, -0.15) is 0 Å². The van der Waals surface area contributed by atoms with Gasteiger partial charge in [0.1, 0.15) is 22.2 Å². The highest BCUT2D eigenvalue weighted by atomic mass is 32.1. The molecule has 0 aromatic carbocycles. The van der Waals surface area contributed by atoms with Crippen LogP contribution in [0.3, 0.4) is 0 Å². The smallest absolute Gasteiger partial charge is 0.306 e. The SMILES string of the molecule is CC[C@@](O)(c1ncc(-c2cc(C)cc(Nc3cc(C4CC4)ccn3)n2)s1)[C@H]1CC[C@H](C(=O)O)CC1. The zero-order valence-corrected chi connectivity index (χ0v) is 21.0. The predicted molar refractivity (Wildman–Crippen MR) is 137 cm³/mol. The van der Waals surface area contributed by atoms with Crippen LogP contribution in [-0.4, -0.2) is 31.1 Å². The summed E-state index contributed by atoms with van der Waals surface area (Å²) < 4.78 is 0. The summed E-state index contributed by atoms with van der Waals surface area (Å²) in [5.41, 5.74) is 2.15. The fourth-order valence-corrected chi connectivity index (χ4v) is 6.32. The van der Waals surface area contributed by atoms with E-state index >= 15 is 0 Å². The summed E-state index contributed by atoms with van der Waals surface area (Å²) in [4.78, 5) is 26.2. The third-order valence-electron chi connectivity index (χ3n) is 7.48. The van der Waals surface area contributed by atoms with E-state index in [-0.39, 0.29) is 11.8 Å². The molecule has 0 amide bonds. The molecular weight excluding hydrogens is 460 g/mol. The summed E-state index contributed by atoms with van der Waals surface area (Å²) in [6, 6.07) is 8.21. The number of thiazole rings is 1. The van der Waals surface area contributed by atoms with E-state index < -0.39 is 11.6 Å². The fraction of sp³-hybridized carbons (Fsp3) is 0.481. The number of nitrogens with one attached hydrogen (secondary N) is 1. The third kappa shape index (κ3) is 5.09. The maximum Gasteiger partial charge on any atom is 0.306 e. The lowest BCUT2D eigenvalue weighted by Crippen LogP contribution is -2.37. The summed E-state index contributed by atoms with van der Waals surface area (Å²) in [6.45, 7) is 4.01. The van der Waals surface area contributed by atoms with Crippen molar-refractivity contribution in [1.82, 2.24) is 15.0 Å². The number of rotatable bonds is 8. The van der Waals surface area contributed by atoms with Gasteiger partial charge in [-0.05, 0) is 99.1 Å². The number of aryl methyl sites for hydroxylation is 1. The number of carbonyl (C=O) groups is 1. The van der Waals surface area contributed by atoms with Crippen LogP contribution in [0.1, 0.15) is 73.9 Å². The summed E-state index contributed by atoms with van der Waals surface area (Å²) in [6.07, 6.45) is 9.26. The Kier molecular flexibility index (Phi) is 6.59. The molecule has 0 unspecified atom stereocenters. The van der Waals surface area contributed by atoms with Gasteiger partial charge in [0.25, 0.3) is 0 Å². The van der Waals surface area contributed by atoms with Gasteiger partial charge in [0.05, 0.1) is 16.5 Å². The maximum atomic E-state index is 11.6. The first kappa shape index (κ1) is 23.9. The van der Waals surface area contributed by atoms with Crippen molar-refractivity contribution >= 4 is 28.9 Å². The molecule has 3 heterocycles. The van der Waals surface area contributed by atoms with E-state index in [9.17, 15) is 15.0 Å². The van der Waals surface area contributed by atoms with Crippen molar-refractivity contribution in [3.8, 4) is 10.6 Å². The molecule has 2 saturated carbocycles. The molecule has 0 saturated heterocycles. The van der Waals surface area contributed by atoms with Gasteiger partial charge < -0.3 is 15.5 Å². The number of aliphatic hydroxyl groups is 1. The number of carboxylic acid groups (broad SMARTS) is 1. The minimum absolute atomic E-state index is 0.00890. The lowest BCUT2D eigenvalue weighted by molar-refractivity contribution is -0.144. The van der Waals surface area contributed by atoms with Crippen molar-refractivity contribution in [2.75, 3.05) is 5.32 Å². The molecule has 184 valence electrons. The highest BCUT2D eigenvalue weighted by Gasteiger charge is 2.42. The minimum atomic E-state index is -1.05. The van der Waals surface area contributed by atoms with Gasteiger partial charge in [-0.15, -0.1) is 11.3 Å². The number of hydrogen-bond donors (Lipinski definition) is 3. The van der Waals surface area contributed by atoms with E-state index in [0.717, 1.165) is 27.8 Å². The maximum absolute atomic E-state index is 11.6. The van der Waals surface area contributed by atoms with E-state index in [1.54, 1.807) is 6.20 Å². The van der Waals surface area contributed by atoms with Crippen LogP contribution in [0.4, 0.5) is 11.6 Å². The molecule has 3 aromatic rings. The van der Waals surface area contributed by atoms with Crippen molar-refractivity contribution in [3.05, 3.63) is 52.8 Å². The first-order chi connectivity index (χ1) is 16.9. The van der Waals surface area contributed by atoms with Crippen molar-refractivity contribution in [2.45, 2.75) is 70.3 Å². The molecule has 2 fully saturated rings. The normalized spacial score (nSPS) is 21.9. The second-order valence-corrected chi connectivity index (χ2v) is 11.0. The molecular formula is C27H32N4O3S. The van der Waals surface area contributed by atoms with Gasteiger partial charge in [-0.25, -0.2) is 15.0 Å². The Morgan fingerprint density at radius 1 is 1.11 bits per heavy atom. The van der Waals surface area contributed by atoms with Gasteiger partial charge in [-0.3, -0.25) is 4.79 Å². The molecule has 0 aliphatic heterocycles. The average Bonchev–Trinajstić information content (AvgIpc) is 3.59. The number of carboxylic acids is 1. The Morgan fingerprint density at radius 2 is 1.89 bits per heavy atom. The number of anilines is 2. The molecule has 3 aromatic heterocycles. The number of pyridine rings is 2. The van der Waals surface area contributed by atoms with E-state index in [2.05, 4.69) is 27.4 Å². The van der Waals surface area contributed by atoms with Crippen LogP contribution < -0.4 is 5.32 Å². The lowest BCUT2D eigenvalue weighted by atomic mass is 9.72. The second-order valence-electron chi connectivity index (χ2n) is 9.98. The monoisotopic (exact) mass is 492 g/mol. The molecule has 5 rings (SSSR count). The molecule has 3 N–H and O–H groups in total. The molecule has 35 heavy (non-hydrogen) atoms. The van der Waals surface area contributed by atoms with Crippen molar-refractivity contribution in [3.63, 3.8) is 0 Å². The molecule has 2 aliphatic rings. The Morgan fingerprint density at radius 3 is 2.57 bits per heavy atom. The Balaban J connectivity index is 1.36. The average molecular weight is 493 g/mol. The van der Waals surface area contributed by atoms with Gasteiger partial charge in [0, 0.05) is 12.4 Å². The van der Waals surface area contributed by atoms with E-state index in [1.165, 1.54) is 29.7 Å². The second kappa shape index (κ2) is 9.66. The molecule has 0 spiro atoms. The topological polar surface area (TPSA) is 108 Å². The molecule has 1 atom stereocenters. The van der Waals surface area contributed by atoms with Crippen LogP contribution in [0.5, 0.6) is 0 Å². The van der Waals surface area contributed by atoms with Gasteiger partial charge >= 0.3 is 5.97 Å². The molecule has 2 aliphatic carbocycles. The van der Waals surface area contributed by atoms with Gasteiger partial charge in [0.15, 0.2) is 0 Å². The number of aliphatic carboxylic acids is 1. The van der Waals surface area contributed by atoms with Crippen LogP contribution in [0.15, 0.2) is 36.7 Å². The van der Waals surface area contributed by atoms with Crippen molar-refractivity contribution in [1.29, 1.82) is 0 Å². The van der Waals surface area contributed by atoms with Crippen LogP contribution in [0.25, 0.3) is 10.6 Å². The van der Waals surface area contributed by atoms with Crippen LogP contribution in [0.2, 0.25) is 0 Å². The number of nitrogens with zero attached hydrogens (tertiary/aromatic N) is 3. The highest BCUT2D eigenvalue weighted by Crippen LogP contribution is 2.45. The molecule has 0 bridgehead atoms. The van der Waals surface area contributed by atoms with Crippen LogP contribution in [0, 0.1) is 18.8 Å². The zero-order chi connectivity index (χ0) is 24.6. The fourth-order valence-electron chi connectivity index (χ4n) is 5.20. The minimum Gasteiger partial charge on any atom is -0.481 e. The van der Waals surface area contributed by atoms with Crippen molar-refractivity contribution < 1.29 is 15.0 Å². The number of hydrogen-bond acceptors (Lipinski definition) is 7. The first-order valence-corrected chi connectivity index (χ1v) is 13.3. The van der Waals surface area contributed by atoms with Gasteiger partial charge in [0.2, 0.25) is 0 Å². The lowest BCUT2D eigenvalue weighted by Gasteiger charge is -2.37. The van der Waals surface area contributed by atoms with E-state index in [4.69, 9.17) is 4.98 Å². The summed E-state index contributed by atoms with van der Waals surface area (Å²) in [5.74, 6) is 1.15. The molecule has 7 nitrogen and oxygen atoms in total. The Hall–Kier alpha value is -2.84. The Labute approximate surface area is 209 Å². The van der Waals surface area contributed by atoms with E-state index in [1.807, 2.05) is 32.2 Å². The standard InChI is InChI=1S/C27H32N4O3S/c1-3-27(34,20-8-6-18(7-9-20)25(32)33)26-29-15-22(35-26)21-12-16(2)13-24(30-21)31-23-14-19(10-11-28-23)17-4-5-17/h10-15,17-18,20,34H,3-9H2,1-2H3,(H,32,33)(H,28,30,31)/t18-,20-,27-/m0/s1. The van der Waals surface area contributed by atoms with Crippen molar-refractivity contribution in [2.24, 2.45) is 11.8 Å². The highest BCUT2D eigenvalue weighted by molar-refractivity contribution is 7.15. The van der Waals surface area contributed by atoms with Crippen LogP contribution >= 0.6 is 11.3 Å². The summed E-state index contributed by atoms with van der Waals surface area (Å²) in [7, 11) is 0. The Bertz CT molecular complexity index is 1220. The van der Waals surface area contributed by atoms with Gasteiger partial charge in [-0.1, -0.05) is 6.92 Å². The third-order valence-corrected chi connectivity index (χ3v) is 8.66. The largest absolute Gasteiger partial charge is 0.481 e. The quantitative estimate of drug-likeness (QED) is 0.353. The molecule has 8 heteroatoms. The molecule has 0 radical (unpaired) electrons. The van der Waals surface area contributed by atoms with E-state index in [0.29, 0.717) is 43.0 Å². The predicted octanol–water partition coefficient (Wildman–Crippen LogP) is 6.02. The van der Waals surface area contributed by atoms with Crippen LogP contribution in [-0.2, 0) is 10.4 Å². The summed E-state index contributed by atoms with van der Waals surface area (Å²) in [5, 5.41) is 25.0.